The summed E-state index contributed by atoms with van der Waals surface area (Å²) in [7, 11) is 4.29. The molecule has 2 rings (SSSR count). The lowest BCUT2D eigenvalue weighted by Gasteiger charge is -2.19. The van der Waals surface area contributed by atoms with Gasteiger partial charge in [-0.05, 0) is 38.1 Å². The quantitative estimate of drug-likeness (QED) is 0.801. The van der Waals surface area contributed by atoms with Crippen molar-refractivity contribution in [2.45, 2.75) is 25.4 Å². The summed E-state index contributed by atoms with van der Waals surface area (Å²) < 4.78 is 2.10. The van der Waals surface area contributed by atoms with Crippen LogP contribution in [-0.4, -0.2) is 35.6 Å². The molecule has 1 aliphatic rings. The number of likely N-dealkylation sites (tertiary alicyclic amines) is 1. The van der Waals surface area contributed by atoms with Crippen molar-refractivity contribution < 1.29 is 0 Å². The van der Waals surface area contributed by atoms with E-state index in [0.29, 0.717) is 0 Å². The van der Waals surface area contributed by atoms with Gasteiger partial charge < -0.3 is 14.8 Å². The molecule has 0 bridgehead atoms. The van der Waals surface area contributed by atoms with Gasteiger partial charge in [0.05, 0.1) is 0 Å². The van der Waals surface area contributed by atoms with Crippen LogP contribution in [0.3, 0.4) is 0 Å². The Labute approximate surface area is 92.1 Å². The van der Waals surface area contributed by atoms with Gasteiger partial charge >= 0.3 is 0 Å². The molecule has 3 nitrogen and oxygen atoms in total. The van der Waals surface area contributed by atoms with E-state index in [-0.39, 0.29) is 0 Å². The average molecular weight is 207 g/mol. The zero-order valence-corrected chi connectivity index (χ0v) is 9.74. The Kier molecular flexibility index (Phi) is 3.44. The Morgan fingerprint density at radius 1 is 1.47 bits per heavy atom. The molecule has 15 heavy (non-hydrogen) atoms. The lowest BCUT2D eigenvalue weighted by atomic mass is 10.2. The maximum Gasteiger partial charge on any atom is 0.0221 e. The minimum absolute atomic E-state index is 0.744. The van der Waals surface area contributed by atoms with Crippen molar-refractivity contribution in [2.75, 3.05) is 20.1 Å². The van der Waals surface area contributed by atoms with Crippen molar-refractivity contribution in [3.63, 3.8) is 0 Å². The van der Waals surface area contributed by atoms with Gasteiger partial charge in [0, 0.05) is 38.6 Å². The zero-order chi connectivity index (χ0) is 10.7. The van der Waals surface area contributed by atoms with E-state index in [1.807, 2.05) is 0 Å². The van der Waals surface area contributed by atoms with Crippen molar-refractivity contribution in [1.29, 1.82) is 0 Å². The van der Waals surface area contributed by atoms with Crippen LogP contribution >= 0.6 is 0 Å². The van der Waals surface area contributed by atoms with Crippen molar-refractivity contribution in [3.8, 4) is 0 Å². The maximum absolute atomic E-state index is 3.53. The summed E-state index contributed by atoms with van der Waals surface area (Å²) in [6, 6.07) is 2.92. The smallest absolute Gasteiger partial charge is 0.0221 e. The normalized spacial score (nSPS) is 22.4. The van der Waals surface area contributed by atoms with Crippen molar-refractivity contribution in [3.05, 3.63) is 24.0 Å². The summed E-state index contributed by atoms with van der Waals surface area (Å²) in [6.07, 6.45) is 6.97. The Morgan fingerprint density at radius 3 is 2.93 bits per heavy atom. The van der Waals surface area contributed by atoms with E-state index in [1.165, 1.54) is 24.9 Å². The summed E-state index contributed by atoms with van der Waals surface area (Å²) in [5.74, 6) is 0. The molecule has 0 radical (unpaired) electrons. The van der Waals surface area contributed by atoms with Gasteiger partial charge in [0.25, 0.3) is 0 Å². The number of aryl methyl sites for hydroxylation is 1. The summed E-state index contributed by atoms with van der Waals surface area (Å²) in [5, 5.41) is 3.53. The van der Waals surface area contributed by atoms with E-state index in [9.17, 15) is 0 Å². The predicted octanol–water partition coefficient (Wildman–Crippen LogP) is 1.21. The number of likely N-dealkylation sites (N-methyl/N-ethyl adjacent to an activating group) is 1. The minimum atomic E-state index is 0.744. The highest BCUT2D eigenvalue weighted by molar-refractivity contribution is 5.09. The van der Waals surface area contributed by atoms with E-state index in [0.717, 1.165) is 19.1 Å². The van der Waals surface area contributed by atoms with Crippen LogP contribution in [0.1, 0.15) is 18.4 Å². The second-order valence-electron chi connectivity index (χ2n) is 4.59. The Balaban J connectivity index is 1.70. The first-order chi connectivity index (χ1) is 7.25. The SMILES string of the molecule is CN1CCCC1CNCc1ccn(C)c1. The molecule has 1 aliphatic heterocycles. The molecular formula is C12H21N3. The van der Waals surface area contributed by atoms with Crippen LogP contribution in [0.5, 0.6) is 0 Å². The van der Waals surface area contributed by atoms with Crippen LogP contribution < -0.4 is 5.32 Å². The summed E-state index contributed by atoms with van der Waals surface area (Å²) in [4.78, 5) is 2.46. The first-order valence-electron chi connectivity index (χ1n) is 5.77. The number of nitrogens with one attached hydrogen (secondary N) is 1. The highest BCUT2D eigenvalue weighted by atomic mass is 15.2. The third-order valence-corrected chi connectivity index (χ3v) is 3.27. The van der Waals surface area contributed by atoms with Gasteiger partial charge in [-0.2, -0.15) is 0 Å². The fourth-order valence-corrected chi connectivity index (χ4v) is 2.29. The predicted molar refractivity (Wildman–Crippen MR) is 62.8 cm³/mol. The molecule has 0 spiro atoms. The van der Waals surface area contributed by atoms with Crippen LogP contribution in [0.2, 0.25) is 0 Å². The van der Waals surface area contributed by atoms with Gasteiger partial charge in [0.15, 0.2) is 0 Å². The molecule has 1 fully saturated rings. The molecule has 1 aromatic rings. The van der Waals surface area contributed by atoms with E-state index in [1.54, 1.807) is 0 Å². The van der Waals surface area contributed by atoms with Gasteiger partial charge in [-0.1, -0.05) is 0 Å². The molecule has 0 aromatic carbocycles. The lowest BCUT2D eigenvalue weighted by Crippen LogP contribution is -2.35. The van der Waals surface area contributed by atoms with Gasteiger partial charge in [-0.3, -0.25) is 0 Å². The van der Waals surface area contributed by atoms with Crippen LogP contribution in [0.25, 0.3) is 0 Å². The average Bonchev–Trinajstić information content (AvgIpc) is 2.77. The van der Waals surface area contributed by atoms with E-state index in [2.05, 4.69) is 47.3 Å². The highest BCUT2D eigenvalue weighted by Crippen LogP contribution is 2.13. The number of rotatable bonds is 4. The van der Waals surface area contributed by atoms with E-state index >= 15 is 0 Å². The van der Waals surface area contributed by atoms with Crippen molar-refractivity contribution >= 4 is 0 Å². The number of hydrogen-bond donors (Lipinski definition) is 1. The van der Waals surface area contributed by atoms with E-state index in [4.69, 9.17) is 0 Å². The van der Waals surface area contributed by atoms with Gasteiger partial charge in [0.1, 0.15) is 0 Å². The maximum atomic E-state index is 3.53. The molecule has 0 aliphatic carbocycles. The second-order valence-corrected chi connectivity index (χ2v) is 4.59. The molecule has 84 valence electrons. The highest BCUT2D eigenvalue weighted by Gasteiger charge is 2.19. The monoisotopic (exact) mass is 207 g/mol. The topological polar surface area (TPSA) is 20.2 Å². The Bertz CT molecular complexity index is 306. The van der Waals surface area contributed by atoms with E-state index < -0.39 is 0 Å². The molecule has 1 N–H and O–H groups in total. The van der Waals surface area contributed by atoms with Crippen LogP contribution in [0, 0.1) is 0 Å². The minimum Gasteiger partial charge on any atom is -0.357 e. The fraction of sp³-hybridized carbons (Fsp3) is 0.667. The molecule has 1 aromatic heterocycles. The number of nitrogens with zero attached hydrogens (tertiary/aromatic N) is 2. The van der Waals surface area contributed by atoms with Crippen molar-refractivity contribution in [2.24, 2.45) is 7.05 Å². The molecule has 3 heteroatoms. The molecule has 1 atom stereocenters. The van der Waals surface area contributed by atoms with Crippen molar-refractivity contribution in [1.82, 2.24) is 14.8 Å². The number of hydrogen-bond acceptors (Lipinski definition) is 2. The summed E-state index contributed by atoms with van der Waals surface area (Å²) >= 11 is 0. The molecule has 1 saturated heterocycles. The Hall–Kier alpha value is -0.800. The number of aromatic nitrogens is 1. The summed E-state index contributed by atoms with van der Waals surface area (Å²) in [5.41, 5.74) is 1.37. The largest absolute Gasteiger partial charge is 0.357 e. The van der Waals surface area contributed by atoms with Gasteiger partial charge in [-0.25, -0.2) is 0 Å². The van der Waals surface area contributed by atoms with Crippen LogP contribution in [0.15, 0.2) is 18.5 Å². The third-order valence-electron chi connectivity index (χ3n) is 3.27. The summed E-state index contributed by atoms with van der Waals surface area (Å²) in [6.45, 7) is 3.37. The zero-order valence-electron chi connectivity index (χ0n) is 9.74. The first kappa shape index (κ1) is 10.7. The van der Waals surface area contributed by atoms with Crippen LogP contribution in [0.4, 0.5) is 0 Å². The molecule has 0 amide bonds. The van der Waals surface area contributed by atoms with Gasteiger partial charge in [-0.15, -0.1) is 0 Å². The molecular weight excluding hydrogens is 186 g/mol. The third kappa shape index (κ3) is 2.83. The van der Waals surface area contributed by atoms with Crippen LogP contribution in [-0.2, 0) is 13.6 Å². The second kappa shape index (κ2) is 4.81. The van der Waals surface area contributed by atoms with Gasteiger partial charge in [0.2, 0.25) is 0 Å². The lowest BCUT2D eigenvalue weighted by molar-refractivity contribution is 0.300. The fourth-order valence-electron chi connectivity index (χ4n) is 2.29. The first-order valence-corrected chi connectivity index (χ1v) is 5.77. The standard InChI is InChI=1S/C12H21N3/c1-14-7-5-11(10-14)8-13-9-12-4-3-6-15(12)2/h5,7,10,12-13H,3-4,6,8-9H2,1-2H3. The molecule has 1 unspecified atom stereocenters. The molecule has 2 heterocycles. The molecule has 0 saturated carbocycles. The Morgan fingerprint density at radius 2 is 2.33 bits per heavy atom.